The molecule has 2 aliphatic heterocycles. The fraction of sp³-hybridized carbons (Fsp3) is 1.00. The van der Waals surface area contributed by atoms with Crippen molar-refractivity contribution in [2.24, 2.45) is 5.41 Å². The van der Waals surface area contributed by atoms with Crippen molar-refractivity contribution in [1.82, 2.24) is 8.01 Å². The van der Waals surface area contributed by atoms with Crippen molar-refractivity contribution in [3.8, 4) is 0 Å². The lowest BCUT2D eigenvalue weighted by atomic mass is 9.72. The summed E-state index contributed by atoms with van der Waals surface area (Å²) in [5.41, 5.74) is 0.709. The molecule has 0 N–H and O–H groups in total. The number of hydrogen-bond acceptors (Lipinski definition) is 2. The average Bonchev–Trinajstić information content (AvgIpc) is 2.02. The number of piperidine rings is 1. The molecule has 0 amide bonds. The van der Waals surface area contributed by atoms with Crippen molar-refractivity contribution >= 4 is 45.5 Å². The van der Waals surface area contributed by atoms with Gasteiger partial charge in [-0.05, 0) is 25.2 Å². The lowest BCUT2D eigenvalue weighted by Crippen LogP contribution is -2.60. The predicted molar refractivity (Wildman–Crippen MR) is 72.3 cm³/mol. The van der Waals surface area contributed by atoms with Gasteiger partial charge in [0.1, 0.15) is 0 Å². The van der Waals surface area contributed by atoms with Crippen LogP contribution in [0.1, 0.15) is 19.8 Å². The molecule has 2 heterocycles. The quantitative estimate of drug-likeness (QED) is 0.286. The predicted octanol–water partition coefficient (Wildman–Crippen LogP) is 2.52. The summed E-state index contributed by atoms with van der Waals surface area (Å²) in [7, 11) is 0. The van der Waals surface area contributed by atoms with Crippen LogP contribution in [0.5, 0.6) is 0 Å². The van der Waals surface area contributed by atoms with Crippen molar-refractivity contribution in [2.45, 2.75) is 23.8 Å². The summed E-state index contributed by atoms with van der Waals surface area (Å²) < 4.78 is 3.15. The molecule has 13 heavy (non-hydrogen) atoms. The Morgan fingerprint density at radius 2 is 1.77 bits per heavy atom. The molecule has 0 radical (unpaired) electrons. The molecule has 2 fully saturated rings. The van der Waals surface area contributed by atoms with Crippen molar-refractivity contribution in [3.63, 3.8) is 0 Å². The fourth-order valence-electron chi connectivity index (χ4n) is 2.34. The van der Waals surface area contributed by atoms with Crippen molar-refractivity contribution in [1.29, 1.82) is 0 Å². The van der Waals surface area contributed by atoms with Gasteiger partial charge in [0.05, 0.1) is 4.05 Å². The molecule has 0 bridgehead atoms. The fourth-order valence-corrected chi connectivity index (χ4v) is 3.21. The van der Waals surface area contributed by atoms with E-state index in [-0.39, 0.29) is 0 Å². The van der Waals surface area contributed by atoms with Gasteiger partial charge in [0, 0.05) is 49.0 Å². The maximum Gasteiger partial charge on any atom is 0.0590 e. The normalized spacial score (nSPS) is 31.6. The maximum atomic E-state index is 2.59. The molecule has 0 aromatic carbocycles. The topological polar surface area (TPSA) is 6.48 Å². The van der Waals surface area contributed by atoms with Crippen LogP contribution in [0.15, 0.2) is 0 Å². The number of rotatable bonds is 1. The minimum atomic E-state index is 0.709. The molecule has 1 atom stereocenters. The van der Waals surface area contributed by atoms with Gasteiger partial charge in [-0.15, -0.1) is 0 Å². The molecule has 1 unspecified atom stereocenters. The lowest BCUT2D eigenvalue weighted by molar-refractivity contribution is -0.0315. The third-order valence-corrected chi connectivity index (χ3v) is 5.10. The van der Waals surface area contributed by atoms with Crippen LogP contribution < -0.4 is 0 Å². The first-order valence-electron chi connectivity index (χ1n) is 4.90. The van der Waals surface area contributed by atoms with Crippen LogP contribution in [0.3, 0.4) is 0 Å². The molecule has 0 saturated carbocycles. The summed E-state index contributed by atoms with van der Waals surface area (Å²) in [6.07, 6.45) is 2.82. The van der Waals surface area contributed by atoms with Gasteiger partial charge in [-0.25, -0.2) is 3.11 Å². The molecule has 4 heteroatoms. The van der Waals surface area contributed by atoms with Gasteiger partial charge in [-0.2, -0.15) is 0 Å². The number of nitrogens with zero attached hydrogens (tertiary/aromatic N) is 2. The molecule has 2 saturated heterocycles. The Kier molecular flexibility index (Phi) is 3.43. The Balaban J connectivity index is 1.83. The van der Waals surface area contributed by atoms with Gasteiger partial charge in [-0.3, -0.25) is 4.90 Å². The first-order valence-corrected chi connectivity index (χ1v) is 7.11. The Morgan fingerprint density at radius 3 is 2.23 bits per heavy atom. The first kappa shape index (κ1) is 10.9. The highest BCUT2D eigenvalue weighted by molar-refractivity contribution is 14.1. The molecule has 0 aromatic rings. The van der Waals surface area contributed by atoms with Gasteiger partial charge in [0.2, 0.25) is 0 Å². The largest absolute Gasteiger partial charge is 0.291 e. The number of alkyl halides is 1. The van der Waals surface area contributed by atoms with Gasteiger partial charge < -0.3 is 0 Å². The second-order valence-electron chi connectivity index (χ2n) is 4.39. The van der Waals surface area contributed by atoms with Crippen LogP contribution in [0.25, 0.3) is 0 Å². The summed E-state index contributed by atoms with van der Waals surface area (Å²) >= 11 is 4.97. The van der Waals surface area contributed by atoms with E-state index >= 15 is 0 Å². The van der Waals surface area contributed by atoms with Crippen LogP contribution in [0, 0.1) is 5.41 Å². The number of halogens is 2. The maximum absolute atomic E-state index is 2.59. The monoisotopic (exact) mass is 406 g/mol. The molecular weight excluding hydrogens is 390 g/mol. The second-order valence-corrected chi connectivity index (χ2v) is 7.56. The second kappa shape index (κ2) is 4.09. The molecule has 2 rings (SSSR count). The van der Waals surface area contributed by atoms with Crippen LogP contribution in [0.4, 0.5) is 0 Å². The SMILES string of the molecule is CC(I)N1CC2(CCN(I)CC2)C1. The molecule has 2 aliphatic rings. The summed E-state index contributed by atoms with van der Waals surface area (Å²) in [5.74, 6) is 0. The van der Waals surface area contributed by atoms with Gasteiger partial charge in [0.15, 0.2) is 0 Å². The zero-order chi connectivity index (χ0) is 9.47. The molecule has 76 valence electrons. The van der Waals surface area contributed by atoms with Gasteiger partial charge >= 0.3 is 0 Å². The van der Waals surface area contributed by atoms with Crippen molar-refractivity contribution in [3.05, 3.63) is 0 Å². The smallest absolute Gasteiger partial charge is 0.0590 e. The Labute approximate surface area is 108 Å². The molecule has 2 nitrogen and oxygen atoms in total. The standard InChI is InChI=1S/C9H16I2N2/c1-8(10)12-6-9(7-12)2-4-13(11)5-3-9/h8H,2-7H2,1H3. The minimum absolute atomic E-state index is 0.709. The van der Waals surface area contributed by atoms with Gasteiger partial charge in [0.25, 0.3) is 0 Å². The van der Waals surface area contributed by atoms with Crippen molar-refractivity contribution in [2.75, 3.05) is 26.2 Å². The molecular formula is C9H16I2N2. The van der Waals surface area contributed by atoms with E-state index in [1.165, 1.54) is 39.0 Å². The van der Waals surface area contributed by atoms with E-state index in [0.29, 0.717) is 5.41 Å². The molecule has 0 aromatic heterocycles. The summed E-state index contributed by atoms with van der Waals surface area (Å²) in [4.78, 5) is 2.59. The van der Waals surface area contributed by atoms with Crippen molar-refractivity contribution < 1.29 is 0 Å². The average molecular weight is 406 g/mol. The van der Waals surface area contributed by atoms with Crippen LogP contribution in [0.2, 0.25) is 0 Å². The van der Waals surface area contributed by atoms with E-state index in [1.807, 2.05) is 0 Å². The van der Waals surface area contributed by atoms with Gasteiger partial charge in [-0.1, -0.05) is 22.6 Å². The van der Waals surface area contributed by atoms with Crippen LogP contribution >= 0.6 is 45.5 Å². The lowest BCUT2D eigenvalue weighted by Gasteiger charge is -2.54. The number of likely N-dealkylation sites (tertiary alicyclic amines) is 1. The third-order valence-electron chi connectivity index (χ3n) is 3.35. The van der Waals surface area contributed by atoms with Crippen LogP contribution in [-0.4, -0.2) is 38.2 Å². The van der Waals surface area contributed by atoms with E-state index in [1.54, 1.807) is 0 Å². The zero-order valence-electron chi connectivity index (χ0n) is 7.97. The minimum Gasteiger partial charge on any atom is -0.291 e. The molecule has 0 aliphatic carbocycles. The van der Waals surface area contributed by atoms with E-state index in [4.69, 9.17) is 0 Å². The highest BCUT2D eigenvalue weighted by atomic mass is 127. The Bertz CT molecular complexity index is 180. The summed E-state index contributed by atoms with van der Waals surface area (Å²) in [5, 5.41) is 0. The third kappa shape index (κ3) is 2.31. The molecule has 1 spiro atoms. The first-order chi connectivity index (χ1) is 6.11. The number of hydrogen-bond donors (Lipinski definition) is 0. The van der Waals surface area contributed by atoms with E-state index < -0.39 is 0 Å². The summed E-state index contributed by atoms with van der Waals surface area (Å²) in [6, 6.07) is 0. The van der Waals surface area contributed by atoms with E-state index in [0.717, 1.165) is 4.05 Å². The van der Waals surface area contributed by atoms with E-state index in [9.17, 15) is 0 Å². The Morgan fingerprint density at radius 1 is 1.23 bits per heavy atom. The van der Waals surface area contributed by atoms with Crippen LogP contribution in [-0.2, 0) is 0 Å². The highest BCUT2D eigenvalue weighted by Gasteiger charge is 2.45. The zero-order valence-corrected chi connectivity index (χ0v) is 12.3. The summed E-state index contributed by atoms with van der Waals surface area (Å²) in [6.45, 7) is 7.58. The van der Waals surface area contributed by atoms with E-state index in [2.05, 4.69) is 60.4 Å². The Hall–Kier alpha value is 1.38. The highest BCUT2D eigenvalue weighted by Crippen LogP contribution is 2.42.